The third kappa shape index (κ3) is 2.74. The van der Waals surface area contributed by atoms with Crippen LogP contribution in [-0.2, 0) is 6.61 Å². The molecule has 0 aliphatic rings. The first-order valence-corrected chi connectivity index (χ1v) is 5.40. The molecular weight excluding hydrogens is 236 g/mol. The summed E-state index contributed by atoms with van der Waals surface area (Å²) in [5.41, 5.74) is 1.15. The average molecular weight is 245 g/mol. The summed E-state index contributed by atoms with van der Waals surface area (Å²) in [5.74, 6) is 0.477. The molecule has 0 saturated carbocycles. The first-order chi connectivity index (χ1) is 8.31. The minimum Gasteiger partial charge on any atom is -0.486 e. The first-order valence-electron chi connectivity index (χ1n) is 5.02. The summed E-state index contributed by atoms with van der Waals surface area (Å²) in [7, 11) is 0. The second kappa shape index (κ2) is 5.33. The number of ether oxygens (including phenoxy) is 1. The summed E-state index contributed by atoms with van der Waals surface area (Å²) in [5, 5.41) is 9.36. The van der Waals surface area contributed by atoms with Crippen LogP contribution in [-0.4, -0.2) is 4.98 Å². The Morgan fingerprint density at radius 2 is 2.12 bits per heavy atom. The standard InChI is InChI=1S/C13H9ClN2O/c14-12-5-3-6-13(11(12)8-15)17-9-10-4-1-2-7-16-10/h1-7H,9H2. The second-order valence-corrected chi connectivity index (χ2v) is 3.74. The van der Waals surface area contributed by atoms with Crippen LogP contribution in [0, 0.1) is 11.3 Å². The molecule has 0 atom stereocenters. The van der Waals surface area contributed by atoms with Crippen molar-refractivity contribution >= 4 is 11.6 Å². The fourth-order valence-electron chi connectivity index (χ4n) is 1.37. The lowest BCUT2D eigenvalue weighted by Crippen LogP contribution is -1.99. The van der Waals surface area contributed by atoms with Gasteiger partial charge in [-0.05, 0) is 24.3 Å². The third-order valence-electron chi connectivity index (χ3n) is 2.19. The van der Waals surface area contributed by atoms with Gasteiger partial charge in [0.15, 0.2) is 0 Å². The zero-order valence-corrected chi connectivity index (χ0v) is 9.69. The molecule has 0 bridgehead atoms. The normalized spacial score (nSPS) is 9.65. The number of nitriles is 1. The molecule has 0 saturated heterocycles. The van der Waals surface area contributed by atoms with Crippen molar-refractivity contribution < 1.29 is 4.74 Å². The molecule has 1 aromatic heterocycles. The predicted molar refractivity (Wildman–Crippen MR) is 64.7 cm³/mol. The monoisotopic (exact) mass is 244 g/mol. The summed E-state index contributed by atoms with van der Waals surface area (Å²) >= 11 is 5.89. The van der Waals surface area contributed by atoms with Gasteiger partial charge < -0.3 is 4.74 Å². The average Bonchev–Trinajstić information content (AvgIpc) is 2.37. The Hall–Kier alpha value is -2.05. The molecule has 2 aromatic rings. The van der Waals surface area contributed by atoms with Crippen LogP contribution < -0.4 is 4.74 Å². The zero-order valence-electron chi connectivity index (χ0n) is 8.93. The van der Waals surface area contributed by atoms with Gasteiger partial charge in [-0.1, -0.05) is 23.7 Å². The summed E-state index contributed by atoms with van der Waals surface area (Å²) in [6.07, 6.45) is 1.70. The summed E-state index contributed by atoms with van der Waals surface area (Å²) < 4.78 is 5.53. The van der Waals surface area contributed by atoms with Gasteiger partial charge in [0.2, 0.25) is 0 Å². The highest BCUT2D eigenvalue weighted by molar-refractivity contribution is 6.31. The van der Waals surface area contributed by atoms with Crippen LogP contribution in [0.2, 0.25) is 5.02 Å². The van der Waals surface area contributed by atoms with Crippen molar-refractivity contribution in [2.45, 2.75) is 6.61 Å². The third-order valence-corrected chi connectivity index (χ3v) is 2.50. The zero-order chi connectivity index (χ0) is 12.1. The van der Waals surface area contributed by atoms with E-state index in [4.69, 9.17) is 21.6 Å². The Balaban J connectivity index is 2.15. The minimum absolute atomic E-state index is 0.315. The molecule has 0 aliphatic heterocycles. The number of nitrogens with zero attached hydrogens (tertiary/aromatic N) is 2. The van der Waals surface area contributed by atoms with Gasteiger partial charge in [-0.15, -0.1) is 0 Å². The summed E-state index contributed by atoms with van der Waals surface area (Å²) in [4.78, 5) is 4.13. The molecular formula is C13H9ClN2O. The largest absolute Gasteiger partial charge is 0.486 e. The van der Waals surface area contributed by atoms with Crippen molar-refractivity contribution in [2.24, 2.45) is 0 Å². The predicted octanol–water partition coefficient (Wildman–Crippen LogP) is 3.19. The Labute approximate surface area is 104 Å². The molecule has 2 rings (SSSR count). The Bertz CT molecular complexity index is 549. The number of halogens is 1. The van der Waals surface area contributed by atoms with Crippen LogP contribution in [0.1, 0.15) is 11.3 Å². The van der Waals surface area contributed by atoms with E-state index >= 15 is 0 Å². The molecule has 0 unspecified atom stereocenters. The van der Waals surface area contributed by atoms with Crippen molar-refractivity contribution in [2.75, 3.05) is 0 Å². The molecule has 1 heterocycles. The van der Waals surface area contributed by atoms with Gasteiger partial charge in [-0.3, -0.25) is 4.98 Å². The molecule has 0 N–H and O–H groups in total. The van der Waals surface area contributed by atoms with Crippen LogP contribution >= 0.6 is 11.6 Å². The quantitative estimate of drug-likeness (QED) is 0.833. The van der Waals surface area contributed by atoms with Gasteiger partial charge in [-0.25, -0.2) is 0 Å². The fourth-order valence-corrected chi connectivity index (χ4v) is 1.58. The van der Waals surface area contributed by atoms with E-state index in [2.05, 4.69) is 4.98 Å². The molecule has 0 aliphatic carbocycles. The minimum atomic E-state index is 0.315. The van der Waals surface area contributed by atoms with E-state index in [9.17, 15) is 0 Å². The highest BCUT2D eigenvalue weighted by Gasteiger charge is 2.07. The van der Waals surface area contributed by atoms with Crippen LogP contribution in [0.5, 0.6) is 5.75 Å². The van der Waals surface area contributed by atoms with Crippen LogP contribution in [0.25, 0.3) is 0 Å². The second-order valence-electron chi connectivity index (χ2n) is 3.33. The Morgan fingerprint density at radius 3 is 2.82 bits per heavy atom. The molecule has 17 heavy (non-hydrogen) atoms. The van der Waals surface area contributed by atoms with Gasteiger partial charge in [0, 0.05) is 6.20 Å². The molecule has 0 amide bonds. The summed E-state index contributed by atoms with van der Waals surface area (Å²) in [6.45, 7) is 0.315. The molecule has 1 aromatic carbocycles. The van der Waals surface area contributed by atoms with Gasteiger partial charge in [0.05, 0.1) is 10.7 Å². The number of rotatable bonds is 3. The van der Waals surface area contributed by atoms with Crippen molar-refractivity contribution in [3.8, 4) is 11.8 Å². The fraction of sp³-hybridized carbons (Fsp3) is 0.0769. The number of aromatic nitrogens is 1. The SMILES string of the molecule is N#Cc1c(Cl)cccc1OCc1ccccn1. The van der Waals surface area contributed by atoms with Crippen molar-refractivity contribution in [1.82, 2.24) is 4.98 Å². The van der Waals surface area contributed by atoms with E-state index in [1.807, 2.05) is 24.3 Å². The van der Waals surface area contributed by atoms with E-state index in [0.29, 0.717) is 22.9 Å². The molecule has 84 valence electrons. The maximum absolute atomic E-state index is 8.97. The maximum atomic E-state index is 8.97. The highest BCUT2D eigenvalue weighted by atomic mass is 35.5. The van der Waals surface area contributed by atoms with Gasteiger partial charge in [0.25, 0.3) is 0 Å². The lowest BCUT2D eigenvalue weighted by atomic mass is 10.2. The van der Waals surface area contributed by atoms with Crippen molar-refractivity contribution in [1.29, 1.82) is 5.26 Å². The summed E-state index contributed by atoms with van der Waals surface area (Å²) in [6, 6.07) is 12.7. The molecule has 0 fully saturated rings. The Morgan fingerprint density at radius 1 is 1.24 bits per heavy atom. The number of benzene rings is 1. The lowest BCUT2D eigenvalue weighted by Gasteiger charge is -2.07. The number of hydrogen-bond donors (Lipinski definition) is 0. The smallest absolute Gasteiger partial charge is 0.139 e. The van der Waals surface area contributed by atoms with E-state index < -0.39 is 0 Å². The van der Waals surface area contributed by atoms with Crippen LogP contribution in [0.4, 0.5) is 0 Å². The molecule has 0 spiro atoms. The van der Waals surface area contributed by atoms with Gasteiger partial charge in [-0.2, -0.15) is 5.26 Å². The van der Waals surface area contributed by atoms with Crippen LogP contribution in [0.3, 0.4) is 0 Å². The molecule has 0 radical (unpaired) electrons. The topological polar surface area (TPSA) is 45.9 Å². The van der Waals surface area contributed by atoms with E-state index in [-0.39, 0.29) is 0 Å². The Kier molecular flexibility index (Phi) is 3.59. The molecule has 3 nitrogen and oxygen atoms in total. The highest BCUT2D eigenvalue weighted by Crippen LogP contribution is 2.25. The van der Waals surface area contributed by atoms with Crippen molar-refractivity contribution in [3.63, 3.8) is 0 Å². The van der Waals surface area contributed by atoms with Crippen LogP contribution in [0.15, 0.2) is 42.6 Å². The number of pyridine rings is 1. The van der Waals surface area contributed by atoms with Gasteiger partial charge >= 0.3 is 0 Å². The maximum Gasteiger partial charge on any atom is 0.139 e. The first kappa shape index (κ1) is 11.4. The lowest BCUT2D eigenvalue weighted by molar-refractivity contribution is 0.300. The number of hydrogen-bond acceptors (Lipinski definition) is 3. The van der Waals surface area contributed by atoms with Gasteiger partial charge in [0.1, 0.15) is 24.0 Å². The van der Waals surface area contributed by atoms with E-state index in [1.165, 1.54) is 0 Å². The van der Waals surface area contributed by atoms with E-state index in [1.54, 1.807) is 24.4 Å². The van der Waals surface area contributed by atoms with E-state index in [0.717, 1.165) is 5.69 Å². The molecule has 4 heteroatoms. The van der Waals surface area contributed by atoms with Crippen molar-refractivity contribution in [3.05, 3.63) is 58.9 Å².